The number of halogens is 2. The first-order valence-corrected chi connectivity index (χ1v) is 15.5. The third-order valence-corrected chi connectivity index (χ3v) is 11.5. The van der Waals surface area contributed by atoms with Gasteiger partial charge in [-0.15, -0.1) is 23.2 Å². The van der Waals surface area contributed by atoms with E-state index in [9.17, 15) is 29.1 Å². The van der Waals surface area contributed by atoms with Crippen LogP contribution in [0.5, 0.6) is 0 Å². The second kappa shape index (κ2) is 11.4. The van der Waals surface area contributed by atoms with Gasteiger partial charge in [0.2, 0.25) is 0 Å². The van der Waals surface area contributed by atoms with Crippen LogP contribution < -0.4 is 0 Å². The molecule has 0 amide bonds. The SMILES string of the molecule is CCC(=O)OC(OC(=O)CC)(OC(=O)CC)C(=O)[C@H]1C(C)C[C@H]2[C@@H]3CC(Cl)C4=CC(=O)C=C[C@]4(C)[C@@]3(Cl)C(O)C[C@]12C. The van der Waals surface area contributed by atoms with Crippen LogP contribution in [0.3, 0.4) is 0 Å². The molecular weight excluding hydrogens is 587 g/mol. The number of hydrogen-bond acceptors (Lipinski definition) is 9. The van der Waals surface area contributed by atoms with Gasteiger partial charge in [-0.2, -0.15) is 0 Å². The minimum absolute atomic E-state index is 0.0806. The molecular formula is C31H40Cl2O9. The maximum absolute atomic E-state index is 14.6. The standard InChI is InChI=1S/C31H40Cl2O9/c1-7-23(36)40-31(41-24(37)8-2,42-25(38)9-3)27(39)26-16(4)12-18-19-14-21(32)20-13-17(34)10-11-29(20,6)30(19,33)22(35)15-28(18,26)5/h10-11,13,16,18-19,21-22,26,35H,7-9,12,14-15H2,1-6H3/t16?,18-,19-,21?,22?,26+,28-,29-,30-/m0/s1. The van der Waals surface area contributed by atoms with Crippen LogP contribution in [-0.4, -0.2) is 56.9 Å². The van der Waals surface area contributed by atoms with E-state index < -0.39 is 62.8 Å². The number of Topliss-reactive ketones (excluding diaryl/α,β-unsaturated/α-hetero) is 1. The maximum atomic E-state index is 14.6. The van der Waals surface area contributed by atoms with Gasteiger partial charge in [-0.25, -0.2) is 0 Å². The summed E-state index contributed by atoms with van der Waals surface area (Å²) in [5.74, 6) is -8.56. The third kappa shape index (κ3) is 4.84. The Morgan fingerprint density at radius 2 is 1.50 bits per heavy atom. The maximum Gasteiger partial charge on any atom is 0.489 e. The van der Waals surface area contributed by atoms with E-state index in [1.807, 2.05) is 20.8 Å². The lowest BCUT2D eigenvalue weighted by atomic mass is 9.46. The molecule has 4 rings (SSSR count). The zero-order valence-corrected chi connectivity index (χ0v) is 26.4. The van der Waals surface area contributed by atoms with Crippen LogP contribution in [0.25, 0.3) is 0 Å². The first-order valence-electron chi connectivity index (χ1n) is 14.7. The summed E-state index contributed by atoms with van der Waals surface area (Å²) >= 11 is 14.4. The van der Waals surface area contributed by atoms with E-state index >= 15 is 0 Å². The van der Waals surface area contributed by atoms with Crippen LogP contribution in [0, 0.1) is 34.5 Å². The number of hydrogen-bond donors (Lipinski definition) is 1. The molecule has 232 valence electrons. The van der Waals surface area contributed by atoms with Gasteiger partial charge in [-0.05, 0) is 60.2 Å². The lowest BCUT2D eigenvalue weighted by Gasteiger charge is -2.64. The van der Waals surface area contributed by atoms with E-state index in [4.69, 9.17) is 37.4 Å². The Kier molecular flexibility index (Phi) is 8.84. The molecule has 3 fully saturated rings. The summed E-state index contributed by atoms with van der Waals surface area (Å²) in [5.41, 5.74) is -1.19. The second-order valence-corrected chi connectivity index (χ2v) is 13.7. The summed E-state index contributed by atoms with van der Waals surface area (Å²) in [7, 11) is 0. The number of fused-ring (bicyclic) bond motifs is 5. The molecule has 0 aromatic rings. The quantitative estimate of drug-likeness (QED) is 0.229. The van der Waals surface area contributed by atoms with Gasteiger partial charge in [0.1, 0.15) is 0 Å². The Bertz CT molecular complexity index is 1200. The van der Waals surface area contributed by atoms with Gasteiger partial charge in [0.25, 0.3) is 5.78 Å². The van der Waals surface area contributed by atoms with Gasteiger partial charge in [0.05, 0.1) is 16.4 Å². The van der Waals surface area contributed by atoms with Gasteiger partial charge < -0.3 is 19.3 Å². The lowest BCUT2D eigenvalue weighted by Crippen LogP contribution is -2.68. The molecule has 0 aliphatic heterocycles. The van der Waals surface area contributed by atoms with Crippen molar-refractivity contribution in [1.82, 2.24) is 0 Å². The van der Waals surface area contributed by atoms with E-state index in [1.54, 1.807) is 6.08 Å². The monoisotopic (exact) mass is 626 g/mol. The van der Waals surface area contributed by atoms with Gasteiger partial charge in [-0.1, -0.05) is 47.6 Å². The number of esters is 3. The number of carbonyl (C=O) groups excluding carboxylic acids is 5. The summed E-state index contributed by atoms with van der Waals surface area (Å²) in [6, 6.07) is 0. The van der Waals surface area contributed by atoms with E-state index in [0.717, 1.165) is 0 Å². The molecule has 0 radical (unpaired) electrons. The van der Waals surface area contributed by atoms with Crippen molar-refractivity contribution in [2.24, 2.45) is 34.5 Å². The van der Waals surface area contributed by atoms with Crippen LogP contribution in [-0.2, 0) is 38.2 Å². The fourth-order valence-corrected chi connectivity index (χ4v) is 9.17. The van der Waals surface area contributed by atoms with E-state index in [0.29, 0.717) is 18.4 Å². The van der Waals surface area contributed by atoms with Crippen molar-refractivity contribution in [3.8, 4) is 0 Å². The Labute approximate surface area is 256 Å². The van der Waals surface area contributed by atoms with Crippen molar-refractivity contribution in [1.29, 1.82) is 0 Å². The molecule has 0 bridgehead atoms. The topological polar surface area (TPSA) is 133 Å². The van der Waals surface area contributed by atoms with Crippen molar-refractivity contribution in [2.75, 3.05) is 0 Å². The van der Waals surface area contributed by atoms with E-state index in [-0.39, 0.29) is 49.2 Å². The van der Waals surface area contributed by atoms with Crippen LogP contribution in [0.2, 0.25) is 0 Å². The van der Waals surface area contributed by atoms with Crippen molar-refractivity contribution in [3.05, 3.63) is 23.8 Å². The average Bonchev–Trinajstić information content (AvgIpc) is 3.19. The summed E-state index contributed by atoms with van der Waals surface area (Å²) in [5, 5.41) is 11.4. The predicted octanol–water partition coefficient (Wildman–Crippen LogP) is 4.79. The number of alkyl halides is 2. The summed E-state index contributed by atoms with van der Waals surface area (Å²) in [6.45, 7) is 10.1. The van der Waals surface area contributed by atoms with Crippen LogP contribution in [0.15, 0.2) is 23.8 Å². The Morgan fingerprint density at radius 3 is 2.00 bits per heavy atom. The smallest absolute Gasteiger partial charge is 0.391 e. The molecule has 0 heterocycles. The van der Waals surface area contributed by atoms with Gasteiger partial charge in [0, 0.05) is 30.6 Å². The molecule has 0 saturated heterocycles. The largest absolute Gasteiger partial charge is 0.489 e. The molecule has 3 unspecified atom stereocenters. The third-order valence-electron chi connectivity index (χ3n) is 10.2. The molecule has 11 heteroatoms. The molecule has 42 heavy (non-hydrogen) atoms. The fraction of sp³-hybridized carbons (Fsp3) is 0.710. The van der Waals surface area contributed by atoms with Gasteiger partial charge >= 0.3 is 23.9 Å². The number of rotatable bonds is 8. The summed E-state index contributed by atoms with van der Waals surface area (Å²) < 4.78 is 16.2. The first kappa shape index (κ1) is 32.7. The molecule has 4 aliphatic carbocycles. The average molecular weight is 628 g/mol. The minimum atomic E-state index is -2.90. The summed E-state index contributed by atoms with van der Waals surface area (Å²) in [6.07, 6.45) is 4.00. The minimum Gasteiger partial charge on any atom is -0.391 e. The Morgan fingerprint density at radius 1 is 0.976 bits per heavy atom. The molecule has 9 atom stereocenters. The lowest BCUT2D eigenvalue weighted by molar-refractivity contribution is -0.314. The van der Waals surface area contributed by atoms with Crippen LogP contribution >= 0.6 is 23.2 Å². The number of allylic oxidation sites excluding steroid dienone is 4. The van der Waals surface area contributed by atoms with E-state index in [1.165, 1.54) is 32.9 Å². The molecule has 9 nitrogen and oxygen atoms in total. The van der Waals surface area contributed by atoms with Crippen molar-refractivity contribution in [3.63, 3.8) is 0 Å². The molecule has 0 spiro atoms. The highest BCUT2D eigenvalue weighted by Crippen LogP contribution is 2.71. The van der Waals surface area contributed by atoms with E-state index in [2.05, 4.69) is 0 Å². The van der Waals surface area contributed by atoms with Gasteiger partial charge in [0.15, 0.2) is 5.78 Å². The normalized spacial score (nSPS) is 38.9. The van der Waals surface area contributed by atoms with Crippen molar-refractivity contribution >= 4 is 52.7 Å². The van der Waals surface area contributed by atoms with Gasteiger partial charge in [-0.3, -0.25) is 24.0 Å². The number of ketones is 2. The number of aliphatic hydroxyl groups is 1. The number of ether oxygens (including phenoxy) is 3. The molecule has 1 N–H and O–H groups in total. The van der Waals surface area contributed by atoms with Crippen molar-refractivity contribution < 1.29 is 43.3 Å². The molecule has 4 aliphatic rings. The van der Waals surface area contributed by atoms with Crippen molar-refractivity contribution in [2.45, 2.75) is 102 Å². The first-order chi connectivity index (χ1) is 19.5. The molecule has 0 aromatic carbocycles. The Balaban J connectivity index is 1.82. The fourth-order valence-electron chi connectivity index (χ4n) is 8.20. The molecule has 3 saturated carbocycles. The molecule has 0 aromatic heterocycles. The van der Waals surface area contributed by atoms with Crippen LogP contribution in [0.1, 0.15) is 80.1 Å². The Hall–Kier alpha value is -2.23. The zero-order chi connectivity index (χ0) is 31.4. The highest BCUT2D eigenvalue weighted by Gasteiger charge is 2.73. The highest BCUT2D eigenvalue weighted by atomic mass is 35.5. The zero-order valence-electron chi connectivity index (χ0n) is 24.9. The predicted molar refractivity (Wildman–Crippen MR) is 153 cm³/mol. The summed E-state index contributed by atoms with van der Waals surface area (Å²) in [4.78, 5) is 63.4. The highest BCUT2D eigenvalue weighted by molar-refractivity contribution is 6.28. The number of carbonyl (C=O) groups is 5. The van der Waals surface area contributed by atoms with Crippen LogP contribution in [0.4, 0.5) is 0 Å². The number of aliphatic hydroxyl groups excluding tert-OH is 1. The second-order valence-electron chi connectivity index (χ2n) is 12.5.